The molecule has 0 N–H and O–H groups in total. The summed E-state index contributed by atoms with van der Waals surface area (Å²) >= 11 is 5.63. The van der Waals surface area contributed by atoms with Gasteiger partial charge in [0.15, 0.2) is 0 Å². The molecule has 1 nitrogen and oxygen atoms in total. The van der Waals surface area contributed by atoms with Crippen LogP contribution in [-0.2, 0) is 12.8 Å². The van der Waals surface area contributed by atoms with Crippen LogP contribution in [0.15, 0.2) is 48.5 Å². The minimum absolute atomic E-state index is 0.484. The standard InChI is InChI=1S/C18H18BrNS/c1-13-6-2-3-7-14(13)10-11-15(19)12-18-20-16-8-4-5-9-17(16)21-18/h2-9,15H,10-12H2,1H3. The molecule has 0 amide bonds. The number of para-hydroxylation sites is 1. The highest BCUT2D eigenvalue weighted by Gasteiger charge is 2.10. The second-order valence-corrected chi connectivity index (χ2v) is 7.75. The number of hydrogen-bond acceptors (Lipinski definition) is 2. The first-order valence-electron chi connectivity index (χ1n) is 7.25. The first kappa shape index (κ1) is 14.7. The summed E-state index contributed by atoms with van der Waals surface area (Å²) in [6.07, 6.45) is 3.26. The predicted molar refractivity (Wildman–Crippen MR) is 95.5 cm³/mol. The van der Waals surface area contributed by atoms with E-state index < -0.39 is 0 Å². The van der Waals surface area contributed by atoms with Crippen LogP contribution >= 0.6 is 27.3 Å². The van der Waals surface area contributed by atoms with Crippen LogP contribution in [0.4, 0.5) is 0 Å². The molecule has 0 bridgehead atoms. The molecule has 0 saturated carbocycles. The van der Waals surface area contributed by atoms with E-state index in [0.717, 1.165) is 24.8 Å². The molecule has 108 valence electrons. The third-order valence-corrected chi connectivity index (χ3v) is 5.56. The SMILES string of the molecule is Cc1ccccc1CCC(Br)Cc1nc2ccccc2s1. The topological polar surface area (TPSA) is 12.9 Å². The molecule has 2 aromatic carbocycles. The first-order chi connectivity index (χ1) is 10.2. The van der Waals surface area contributed by atoms with Crippen LogP contribution in [0.3, 0.4) is 0 Å². The van der Waals surface area contributed by atoms with Crippen molar-refractivity contribution in [1.29, 1.82) is 0 Å². The lowest BCUT2D eigenvalue weighted by Gasteiger charge is -2.09. The van der Waals surface area contributed by atoms with Gasteiger partial charge < -0.3 is 0 Å². The summed E-state index contributed by atoms with van der Waals surface area (Å²) in [5, 5.41) is 1.22. The molecule has 21 heavy (non-hydrogen) atoms. The van der Waals surface area contributed by atoms with E-state index >= 15 is 0 Å². The van der Waals surface area contributed by atoms with Crippen molar-refractivity contribution in [3.8, 4) is 0 Å². The van der Waals surface area contributed by atoms with Crippen LogP contribution in [0.2, 0.25) is 0 Å². The maximum atomic E-state index is 4.71. The molecule has 3 heteroatoms. The maximum absolute atomic E-state index is 4.71. The molecule has 1 heterocycles. The highest BCUT2D eigenvalue weighted by molar-refractivity contribution is 9.09. The Kier molecular flexibility index (Phi) is 4.71. The lowest BCUT2D eigenvalue weighted by Crippen LogP contribution is -2.04. The Hall–Kier alpha value is -1.19. The van der Waals surface area contributed by atoms with Crippen LogP contribution in [0, 0.1) is 6.92 Å². The van der Waals surface area contributed by atoms with Crippen molar-refractivity contribution in [3.05, 3.63) is 64.7 Å². The van der Waals surface area contributed by atoms with Gasteiger partial charge in [-0.25, -0.2) is 4.98 Å². The molecule has 0 aliphatic carbocycles. The van der Waals surface area contributed by atoms with E-state index in [-0.39, 0.29) is 0 Å². The zero-order valence-electron chi connectivity index (χ0n) is 12.1. The Morgan fingerprint density at radius 1 is 1.10 bits per heavy atom. The van der Waals surface area contributed by atoms with Crippen LogP contribution < -0.4 is 0 Å². The average molecular weight is 360 g/mol. The fraction of sp³-hybridized carbons (Fsp3) is 0.278. The summed E-state index contributed by atoms with van der Waals surface area (Å²) in [5.74, 6) is 0. The quantitative estimate of drug-likeness (QED) is 0.544. The number of benzene rings is 2. The Morgan fingerprint density at radius 2 is 1.86 bits per heavy atom. The van der Waals surface area contributed by atoms with Crippen LogP contribution in [0.1, 0.15) is 22.6 Å². The minimum Gasteiger partial charge on any atom is -0.241 e. The molecule has 0 saturated heterocycles. The highest BCUT2D eigenvalue weighted by Crippen LogP contribution is 2.25. The Balaban J connectivity index is 1.61. The van der Waals surface area contributed by atoms with Crippen molar-refractivity contribution < 1.29 is 0 Å². The molecule has 0 radical (unpaired) electrons. The smallest absolute Gasteiger partial charge is 0.0949 e. The van der Waals surface area contributed by atoms with E-state index in [0.29, 0.717) is 4.83 Å². The number of halogens is 1. The normalized spacial score (nSPS) is 12.7. The lowest BCUT2D eigenvalue weighted by molar-refractivity contribution is 0.758. The fourth-order valence-electron chi connectivity index (χ4n) is 2.50. The van der Waals surface area contributed by atoms with Gasteiger partial charge in [-0.05, 0) is 43.0 Å². The van der Waals surface area contributed by atoms with Gasteiger partial charge in [-0.3, -0.25) is 0 Å². The van der Waals surface area contributed by atoms with Gasteiger partial charge in [-0.15, -0.1) is 11.3 Å². The molecule has 1 unspecified atom stereocenters. The predicted octanol–water partition coefficient (Wildman–Crippen LogP) is 5.54. The number of fused-ring (bicyclic) bond motifs is 1. The largest absolute Gasteiger partial charge is 0.241 e. The van der Waals surface area contributed by atoms with Crippen LogP contribution in [-0.4, -0.2) is 9.81 Å². The Labute approximate surface area is 138 Å². The lowest BCUT2D eigenvalue weighted by atomic mass is 10.0. The summed E-state index contributed by atoms with van der Waals surface area (Å²) in [4.78, 5) is 5.20. The summed E-state index contributed by atoms with van der Waals surface area (Å²) in [6, 6.07) is 17.0. The molecule has 3 rings (SSSR count). The summed E-state index contributed by atoms with van der Waals surface area (Å²) in [6.45, 7) is 2.19. The molecule has 0 spiro atoms. The molecule has 0 aliphatic heterocycles. The number of thiazole rings is 1. The second-order valence-electron chi connectivity index (χ2n) is 5.34. The minimum atomic E-state index is 0.484. The van der Waals surface area contributed by atoms with E-state index in [1.165, 1.54) is 20.8 Å². The van der Waals surface area contributed by atoms with Crippen molar-refractivity contribution in [2.75, 3.05) is 0 Å². The molecular weight excluding hydrogens is 342 g/mol. The van der Waals surface area contributed by atoms with E-state index in [2.05, 4.69) is 71.4 Å². The number of alkyl halides is 1. The van der Waals surface area contributed by atoms with E-state index in [1.807, 2.05) is 11.3 Å². The number of rotatable bonds is 5. The molecule has 1 aromatic heterocycles. The molecule has 1 atom stereocenters. The first-order valence-corrected chi connectivity index (χ1v) is 8.98. The average Bonchev–Trinajstić information content (AvgIpc) is 2.88. The maximum Gasteiger partial charge on any atom is 0.0949 e. The van der Waals surface area contributed by atoms with Gasteiger partial charge in [0.05, 0.1) is 15.2 Å². The van der Waals surface area contributed by atoms with E-state index in [4.69, 9.17) is 4.98 Å². The Bertz CT molecular complexity index is 702. The summed E-state index contributed by atoms with van der Waals surface area (Å²) in [5.41, 5.74) is 3.96. The van der Waals surface area contributed by atoms with Crippen LogP contribution in [0.25, 0.3) is 10.2 Å². The van der Waals surface area contributed by atoms with E-state index in [1.54, 1.807) is 0 Å². The number of aryl methyl sites for hydroxylation is 2. The fourth-order valence-corrected chi connectivity index (χ4v) is 4.30. The third-order valence-electron chi connectivity index (χ3n) is 3.72. The van der Waals surface area contributed by atoms with Crippen LogP contribution in [0.5, 0.6) is 0 Å². The Morgan fingerprint density at radius 3 is 2.67 bits per heavy atom. The monoisotopic (exact) mass is 359 g/mol. The van der Waals surface area contributed by atoms with E-state index in [9.17, 15) is 0 Å². The molecule has 0 aliphatic rings. The van der Waals surface area contributed by atoms with Crippen molar-refractivity contribution >= 4 is 37.5 Å². The molecule has 0 fully saturated rings. The molecule has 3 aromatic rings. The van der Waals surface area contributed by atoms with Gasteiger partial charge in [-0.1, -0.05) is 52.3 Å². The number of aromatic nitrogens is 1. The summed E-state index contributed by atoms with van der Waals surface area (Å²) < 4.78 is 1.28. The molecular formula is C18H18BrNS. The number of hydrogen-bond donors (Lipinski definition) is 0. The second kappa shape index (κ2) is 6.71. The highest BCUT2D eigenvalue weighted by atomic mass is 79.9. The van der Waals surface area contributed by atoms with Gasteiger partial charge in [0.2, 0.25) is 0 Å². The number of nitrogens with zero attached hydrogens (tertiary/aromatic N) is 1. The van der Waals surface area contributed by atoms with Gasteiger partial charge in [-0.2, -0.15) is 0 Å². The zero-order chi connectivity index (χ0) is 14.7. The van der Waals surface area contributed by atoms with Crippen molar-refractivity contribution in [1.82, 2.24) is 4.98 Å². The van der Waals surface area contributed by atoms with Gasteiger partial charge in [0.1, 0.15) is 0 Å². The third kappa shape index (κ3) is 3.72. The summed E-state index contributed by atoms with van der Waals surface area (Å²) in [7, 11) is 0. The van der Waals surface area contributed by atoms with Gasteiger partial charge >= 0.3 is 0 Å². The van der Waals surface area contributed by atoms with Gasteiger partial charge in [0, 0.05) is 11.2 Å². The van der Waals surface area contributed by atoms with Gasteiger partial charge in [0.25, 0.3) is 0 Å². The zero-order valence-corrected chi connectivity index (χ0v) is 14.5. The van der Waals surface area contributed by atoms with Crippen molar-refractivity contribution in [2.24, 2.45) is 0 Å². The van der Waals surface area contributed by atoms with Crippen molar-refractivity contribution in [2.45, 2.75) is 31.0 Å². The van der Waals surface area contributed by atoms with Crippen molar-refractivity contribution in [3.63, 3.8) is 0 Å².